The lowest BCUT2D eigenvalue weighted by Crippen LogP contribution is -2.45. The third-order valence-electron chi connectivity index (χ3n) is 4.21. The summed E-state index contributed by atoms with van der Waals surface area (Å²) in [5, 5.41) is 5.89. The lowest BCUT2D eigenvalue weighted by Gasteiger charge is -2.27. The molecule has 5 nitrogen and oxygen atoms in total. The second-order valence-corrected chi connectivity index (χ2v) is 7.87. The number of allylic oxidation sites excluding steroid dienone is 1. The van der Waals surface area contributed by atoms with E-state index < -0.39 is 9.84 Å². The highest BCUT2D eigenvalue weighted by Crippen LogP contribution is 2.31. The summed E-state index contributed by atoms with van der Waals surface area (Å²) >= 11 is 0. The summed E-state index contributed by atoms with van der Waals surface area (Å²) in [6, 6.07) is 6.60. The van der Waals surface area contributed by atoms with Gasteiger partial charge in [-0.3, -0.25) is 0 Å². The Bertz CT molecular complexity index is 697. The fourth-order valence-electron chi connectivity index (χ4n) is 3.05. The standard InChI is InChI=1S/C16H20N2O3S/c19-16(17-12-6-2-1-3-7-12)18-14-10-11-22(20,21)15-9-5-4-8-13(14)15/h1-2,4-5,8-9,12,14H,3,6-7,10-11H2,(H2,17,18,19). The number of fused-ring (bicyclic) bond motifs is 1. The number of carbonyl (C=O) groups is 1. The average molecular weight is 320 g/mol. The zero-order valence-electron chi connectivity index (χ0n) is 12.3. The van der Waals surface area contributed by atoms with E-state index in [2.05, 4.69) is 22.8 Å². The summed E-state index contributed by atoms with van der Waals surface area (Å²) < 4.78 is 24.2. The lowest BCUT2D eigenvalue weighted by molar-refractivity contribution is 0.231. The summed E-state index contributed by atoms with van der Waals surface area (Å²) in [4.78, 5) is 12.5. The van der Waals surface area contributed by atoms with Crippen LogP contribution < -0.4 is 10.6 Å². The molecule has 1 aliphatic carbocycles. The predicted molar refractivity (Wildman–Crippen MR) is 84.3 cm³/mol. The number of carbonyl (C=O) groups excluding carboxylic acids is 1. The molecule has 0 bridgehead atoms. The molecule has 2 atom stereocenters. The van der Waals surface area contributed by atoms with Crippen molar-refractivity contribution in [2.75, 3.05) is 5.75 Å². The van der Waals surface area contributed by atoms with E-state index in [9.17, 15) is 13.2 Å². The van der Waals surface area contributed by atoms with Gasteiger partial charge in [0.05, 0.1) is 16.7 Å². The first-order valence-corrected chi connectivity index (χ1v) is 9.25. The summed E-state index contributed by atoms with van der Waals surface area (Å²) in [5.74, 6) is 0.0706. The van der Waals surface area contributed by atoms with Crippen molar-refractivity contribution in [3.05, 3.63) is 42.0 Å². The first-order valence-electron chi connectivity index (χ1n) is 7.60. The molecule has 2 aliphatic rings. The molecule has 1 aromatic carbocycles. The molecule has 0 saturated heterocycles. The fraction of sp³-hybridized carbons (Fsp3) is 0.438. The Morgan fingerprint density at radius 3 is 2.68 bits per heavy atom. The first-order chi connectivity index (χ1) is 10.6. The highest BCUT2D eigenvalue weighted by molar-refractivity contribution is 7.91. The maximum atomic E-state index is 12.2. The first kappa shape index (κ1) is 15.1. The highest BCUT2D eigenvalue weighted by atomic mass is 32.2. The SMILES string of the molecule is O=C(NC1CC=CCC1)NC1CCS(=O)(=O)c2ccccc21. The smallest absolute Gasteiger partial charge is 0.315 e. The van der Waals surface area contributed by atoms with Gasteiger partial charge in [-0.15, -0.1) is 0 Å². The zero-order valence-corrected chi connectivity index (χ0v) is 13.1. The molecule has 22 heavy (non-hydrogen) atoms. The van der Waals surface area contributed by atoms with Crippen LogP contribution in [0.1, 0.15) is 37.3 Å². The van der Waals surface area contributed by atoms with Gasteiger partial charge in [0, 0.05) is 6.04 Å². The number of hydrogen-bond donors (Lipinski definition) is 2. The normalized spacial score (nSPS) is 26.0. The number of urea groups is 1. The second-order valence-electron chi connectivity index (χ2n) is 5.80. The van der Waals surface area contributed by atoms with E-state index in [1.54, 1.807) is 24.3 Å². The van der Waals surface area contributed by atoms with Crippen molar-refractivity contribution in [1.29, 1.82) is 0 Å². The van der Waals surface area contributed by atoms with Crippen molar-refractivity contribution in [3.63, 3.8) is 0 Å². The van der Waals surface area contributed by atoms with Crippen molar-refractivity contribution in [3.8, 4) is 0 Å². The maximum absolute atomic E-state index is 12.2. The lowest BCUT2D eigenvalue weighted by atomic mass is 10.0. The Morgan fingerprint density at radius 1 is 1.09 bits per heavy atom. The van der Waals surface area contributed by atoms with Gasteiger partial charge in [0.2, 0.25) is 0 Å². The van der Waals surface area contributed by atoms with Crippen LogP contribution in [0.5, 0.6) is 0 Å². The van der Waals surface area contributed by atoms with Crippen LogP contribution in [0.25, 0.3) is 0 Å². The second kappa shape index (κ2) is 6.12. The Morgan fingerprint density at radius 2 is 1.91 bits per heavy atom. The monoisotopic (exact) mass is 320 g/mol. The molecule has 2 unspecified atom stereocenters. The molecule has 0 fully saturated rings. The van der Waals surface area contributed by atoms with Gasteiger partial charge in [-0.25, -0.2) is 13.2 Å². The average Bonchev–Trinajstić information content (AvgIpc) is 2.51. The van der Waals surface area contributed by atoms with Crippen molar-refractivity contribution in [1.82, 2.24) is 10.6 Å². The van der Waals surface area contributed by atoms with E-state index in [0.29, 0.717) is 16.9 Å². The molecule has 0 spiro atoms. The summed E-state index contributed by atoms with van der Waals surface area (Å²) in [6.07, 6.45) is 7.39. The number of nitrogens with one attached hydrogen (secondary N) is 2. The van der Waals surface area contributed by atoms with E-state index >= 15 is 0 Å². The van der Waals surface area contributed by atoms with Crippen molar-refractivity contribution < 1.29 is 13.2 Å². The van der Waals surface area contributed by atoms with Crippen molar-refractivity contribution in [2.24, 2.45) is 0 Å². The van der Waals surface area contributed by atoms with Gasteiger partial charge >= 0.3 is 6.03 Å². The molecule has 6 heteroatoms. The fourth-order valence-corrected chi connectivity index (χ4v) is 4.67. The molecular weight excluding hydrogens is 300 g/mol. The molecule has 3 rings (SSSR count). The van der Waals surface area contributed by atoms with Gasteiger partial charge < -0.3 is 10.6 Å². The zero-order chi connectivity index (χ0) is 15.6. The minimum Gasteiger partial charge on any atom is -0.335 e. The topological polar surface area (TPSA) is 75.3 Å². The van der Waals surface area contributed by atoms with Gasteiger partial charge in [-0.05, 0) is 37.3 Å². The van der Waals surface area contributed by atoms with Crippen LogP contribution in [0.4, 0.5) is 4.79 Å². The minimum atomic E-state index is -3.22. The van der Waals surface area contributed by atoms with E-state index in [1.165, 1.54) is 0 Å². The van der Waals surface area contributed by atoms with Crippen LogP contribution in [0.3, 0.4) is 0 Å². The van der Waals surface area contributed by atoms with Crippen LogP contribution >= 0.6 is 0 Å². The van der Waals surface area contributed by atoms with Crippen LogP contribution in [-0.2, 0) is 9.84 Å². The van der Waals surface area contributed by atoms with Gasteiger partial charge in [0.25, 0.3) is 0 Å². The maximum Gasteiger partial charge on any atom is 0.315 e. The van der Waals surface area contributed by atoms with E-state index in [1.807, 2.05) is 0 Å². The molecule has 0 radical (unpaired) electrons. The number of benzene rings is 1. The molecule has 1 aromatic rings. The Kier molecular flexibility index (Phi) is 4.20. The number of hydrogen-bond acceptors (Lipinski definition) is 3. The highest BCUT2D eigenvalue weighted by Gasteiger charge is 2.31. The summed E-state index contributed by atoms with van der Waals surface area (Å²) in [5.41, 5.74) is 0.687. The largest absolute Gasteiger partial charge is 0.335 e. The third kappa shape index (κ3) is 3.16. The minimum absolute atomic E-state index is 0.0706. The Labute approximate surface area is 130 Å². The molecular formula is C16H20N2O3S. The van der Waals surface area contributed by atoms with E-state index in [4.69, 9.17) is 0 Å². The van der Waals surface area contributed by atoms with Gasteiger partial charge in [-0.1, -0.05) is 30.4 Å². The van der Waals surface area contributed by atoms with Crippen LogP contribution in [0, 0.1) is 0 Å². The molecule has 0 saturated carbocycles. The molecule has 2 amide bonds. The van der Waals surface area contributed by atoms with Crippen molar-refractivity contribution in [2.45, 2.75) is 42.7 Å². The number of amides is 2. The van der Waals surface area contributed by atoms with Crippen molar-refractivity contribution >= 4 is 15.9 Å². The van der Waals surface area contributed by atoms with Crippen LogP contribution in [0.15, 0.2) is 41.3 Å². The molecule has 1 aliphatic heterocycles. The Balaban J connectivity index is 1.70. The van der Waals surface area contributed by atoms with Gasteiger partial charge in [0.1, 0.15) is 0 Å². The third-order valence-corrected chi connectivity index (χ3v) is 6.03. The molecule has 1 heterocycles. The molecule has 0 aromatic heterocycles. The molecule has 118 valence electrons. The van der Waals surface area contributed by atoms with E-state index in [0.717, 1.165) is 19.3 Å². The predicted octanol–water partition coefficient (Wildman–Crippen LogP) is 2.31. The molecule has 2 N–H and O–H groups in total. The number of rotatable bonds is 2. The van der Waals surface area contributed by atoms with Crippen LogP contribution in [0.2, 0.25) is 0 Å². The quantitative estimate of drug-likeness (QED) is 0.821. The van der Waals surface area contributed by atoms with Gasteiger partial charge in [0.15, 0.2) is 9.84 Å². The Hall–Kier alpha value is -1.82. The summed E-state index contributed by atoms with van der Waals surface area (Å²) in [7, 11) is -3.22. The van der Waals surface area contributed by atoms with Crippen LogP contribution in [-0.4, -0.2) is 26.2 Å². The van der Waals surface area contributed by atoms with E-state index in [-0.39, 0.29) is 23.9 Å². The number of sulfone groups is 1. The van der Waals surface area contributed by atoms with Gasteiger partial charge in [-0.2, -0.15) is 0 Å². The summed E-state index contributed by atoms with van der Waals surface area (Å²) in [6.45, 7) is 0.